The number of hydrogen-bond acceptors (Lipinski definition) is 3. The molecular weight excluding hydrogens is 347 g/mol. The first-order valence-electron chi connectivity index (χ1n) is 7.46. The van der Waals surface area contributed by atoms with Crippen LogP contribution in [0.1, 0.15) is 30.8 Å². The number of anilines is 1. The summed E-state index contributed by atoms with van der Waals surface area (Å²) in [7, 11) is 0. The first kappa shape index (κ1) is 16.6. The van der Waals surface area contributed by atoms with Gasteiger partial charge in [0.2, 0.25) is 0 Å². The summed E-state index contributed by atoms with van der Waals surface area (Å²) in [5.74, 6) is 1.89. The van der Waals surface area contributed by atoms with Crippen LogP contribution in [-0.2, 0) is 4.79 Å². The molecule has 0 aliphatic heterocycles. The summed E-state index contributed by atoms with van der Waals surface area (Å²) >= 11 is 11.8. The molecule has 1 amide bonds. The Labute approximate surface area is 149 Å². The van der Waals surface area contributed by atoms with Gasteiger partial charge in [0, 0.05) is 17.0 Å². The number of nitriles is 1. The quantitative estimate of drug-likeness (QED) is 0.597. The van der Waals surface area contributed by atoms with E-state index >= 15 is 0 Å². The van der Waals surface area contributed by atoms with Crippen molar-refractivity contribution in [1.82, 2.24) is 0 Å². The molecule has 2 aromatic rings. The van der Waals surface area contributed by atoms with Crippen molar-refractivity contribution in [2.45, 2.75) is 19.3 Å². The van der Waals surface area contributed by atoms with Gasteiger partial charge in [-0.2, -0.15) is 5.26 Å². The molecule has 1 aliphatic rings. The first-order chi connectivity index (χ1) is 11.5. The third-order valence-electron chi connectivity index (χ3n) is 3.95. The number of amides is 1. The summed E-state index contributed by atoms with van der Waals surface area (Å²) in [6.45, 7) is 2.16. The Balaban J connectivity index is 1.76. The molecule has 1 N–H and O–H groups in total. The largest absolute Gasteiger partial charge is 0.461 e. The van der Waals surface area contributed by atoms with Crippen LogP contribution in [0.25, 0.3) is 6.08 Å². The Morgan fingerprint density at radius 1 is 1.38 bits per heavy atom. The van der Waals surface area contributed by atoms with E-state index in [1.165, 1.54) is 12.1 Å². The number of benzene rings is 1. The monoisotopic (exact) mass is 360 g/mol. The average molecular weight is 361 g/mol. The minimum atomic E-state index is -0.556. The Morgan fingerprint density at radius 2 is 2.12 bits per heavy atom. The van der Waals surface area contributed by atoms with E-state index in [2.05, 4.69) is 12.2 Å². The molecule has 2 atom stereocenters. The van der Waals surface area contributed by atoms with Crippen molar-refractivity contribution in [3.05, 3.63) is 57.5 Å². The lowest BCUT2D eigenvalue weighted by Gasteiger charge is -2.06. The minimum Gasteiger partial charge on any atom is -0.461 e. The van der Waals surface area contributed by atoms with E-state index in [0.717, 1.165) is 12.2 Å². The fraction of sp³-hybridized carbons (Fsp3) is 0.222. The van der Waals surface area contributed by atoms with E-state index < -0.39 is 5.91 Å². The van der Waals surface area contributed by atoms with Crippen molar-refractivity contribution < 1.29 is 9.21 Å². The van der Waals surface area contributed by atoms with Gasteiger partial charge < -0.3 is 9.73 Å². The Bertz CT molecular complexity index is 864. The van der Waals surface area contributed by atoms with Crippen molar-refractivity contribution in [3.63, 3.8) is 0 Å². The van der Waals surface area contributed by atoms with Crippen molar-refractivity contribution in [1.29, 1.82) is 5.26 Å². The molecule has 0 spiro atoms. The molecule has 1 aliphatic carbocycles. The normalized spacial score (nSPS) is 19.7. The molecule has 0 bridgehead atoms. The van der Waals surface area contributed by atoms with Crippen molar-refractivity contribution in [3.8, 4) is 6.07 Å². The zero-order valence-electron chi connectivity index (χ0n) is 12.8. The van der Waals surface area contributed by atoms with Crippen LogP contribution < -0.4 is 5.32 Å². The predicted molar refractivity (Wildman–Crippen MR) is 93.9 cm³/mol. The van der Waals surface area contributed by atoms with Gasteiger partial charge >= 0.3 is 0 Å². The van der Waals surface area contributed by atoms with E-state index in [1.54, 1.807) is 18.2 Å². The van der Waals surface area contributed by atoms with Gasteiger partial charge in [-0.3, -0.25) is 4.79 Å². The molecule has 0 radical (unpaired) electrons. The second-order valence-corrected chi connectivity index (χ2v) is 6.65. The third kappa shape index (κ3) is 3.64. The van der Waals surface area contributed by atoms with Crippen LogP contribution >= 0.6 is 23.2 Å². The number of carbonyl (C=O) groups is 1. The van der Waals surface area contributed by atoms with Gasteiger partial charge in [-0.1, -0.05) is 30.1 Å². The van der Waals surface area contributed by atoms with Crippen LogP contribution in [0.3, 0.4) is 0 Å². The maximum absolute atomic E-state index is 12.3. The molecule has 6 heteroatoms. The average Bonchev–Trinajstić information content (AvgIpc) is 3.09. The summed E-state index contributed by atoms with van der Waals surface area (Å²) in [6.07, 6.45) is 2.53. The number of carbonyl (C=O) groups excluding carboxylic acids is 1. The van der Waals surface area contributed by atoms with E-state index in [-0.39, 0.29) is 5.57 Å². The lowest BCUT2D eigenvalue weighted by atomic mass is 10.2. The number of rotatable bonds is 4. The summed E-state index contributed by atoms with van der Waals surface area (Å²) in [5.41, 5.74) is 0.324. The van der Waals surface area contributed by atoms with Crippen molar-refractivity contribution in [2.24, 2.45) is 5.92 Å². The van der Waals surface area contributed by atoms with Gasteiger partial charge in [-0.05, 0) is 42.7 Å². The molecule has 1 fully saturated rings. The highest BCUT2D eigenvalue weighted by Crippen LogP contribution is 2.47. The molecule has 1 saturated carbocycles. The smallest absolute Gasteiger partial charge is 0.266 e. The molecule has 1 aromatic carbocycles. The zero-order chi connectivity index (χ0) is 17.3. The van der Waals surface area contributed by atoms with Gasteiger partial charge in [0.15, 0.2) is 0 Å². The molecule has 0 saturated heterocycles. The molecule has 1 heterocycles. The maximum Gasteiger partial charge on any atom is 0.266 e. The van der Waals surface area contributed by atoms with Gasteiger partial charge in [-0.15, -0.1) is 0 Å². The fourth-order valence-corrected chi connectivity index (χ4v) is 2.89. The van der Waals surface area contributed by atoms with Gasteiger partial charge in [0.05, 0.1) is 10.7 Å². The number of hydrogen-bond donors (Lipinski definition) is 1. The number of halogens is 2. The second kappa shape index (κ2) is 6.72. The predicted octanol–water partition coefficient (Wildman–Crippen LogP) is 5.26. The van der Waals surface area contributed by atoms with Crippen LogP contribution in [0.4, 0.5) is 5.69 Å². The van der Waals surface area contributed by atoms with E-state index in [0.29, 0.717) is 33.3 Å². The summed E-state index contributed by atoms with van der Waals surface area (Å²) in [6, 6.07) is 10.2. The minimum absolute atomic E-state index is 0.0641. The molecule has 2 unspecified atom stereocenters. The zero-order valence-corrected chi connectivity index (χ0v) is 14.4. The summed E-state index contributed by atoms with van der Waals surface area (Å²) < 4.78 is 5.70. The maximum atomic E-state index is 12.3. The van der Waals surface area contributed by atoms with E-state index in [9.17, 15) is 10.1 Å². The molecule has 1 aromatic heterocycles. The first-order valence-corrected chi connectivity index (χ1v) is 8.21. The standard InChI is InChI=1S/C18H14Cl2N2O2/c1-10-6-14(10)17-5-3-13(24-17)7-11(9-21)18(23)22-16-4-2-12(19)8-15(16)20/h2-5,7-8,10,14H,6H2,1H3,(H,22,23)/b11-7+. The Morgan fingerprint density at radius 3 is 2.75 bits per heavy atom. The highest BCUT2D eigenvalue weighted by Gasteiger charge is 2.36. The van der Waals surface area contributed by atoms with Gasteiger partial charge in [0.25, 0.3) is 5.91 Å². The highest BCUT2D eigenvalue weighted by molar-refractivity contribution is 6.36. The van der Waals surface area contributed by atoms with Crippen LogP contribution in [0.15, 0.2) is 40.3 Å². The van der Waals surface area contributed by atoms with Crippen LogP contribution in [0.5, 0.6) is 0 Å². The number of nitrogens with one attached hydrogen (secondary N) is 1. The van der Waals surface area contributed by atoms with Crippen LogP contribution in [0.2, 0.25) is 10.0 Å². The molecule has 24 heavy (non-hydrogen) atoms. The summed E-state index contributed by atoms with van der Waals surface area (Å²) in [4.78, 5) is 12.3. The third-order valence-corrected chi connectivity index (χ3v) is 4.50. The Hall–Kier alpha value is -2.22. The lowest BCUT2D eigenvalue weighted by Crippen LogP contribution is -2.13. The van der Waals surface area contributed by atoms with E-state index in [1.807, 2.05) is 12.1 Å². The fourth-order valence-electron chi connectivity index (χ4n) is 2.44. The lowest BCUT2D eigenvalue weighted by molar-refractivity contribution is -0.112. The van der Waals surface area contributed by atoms with Crippen molar-refractivity contribution >= 4 is 40.9 Å². The van der Waals surface area contributed by atoms with Crippen LogP contribution in [-0.4, -0.2) is 5.91 Å². The molecule has 4 nitrogen and oxygen atoms in total. The molecular formula is C18H14Cl2N2O2. The highest BCUT2D eigenvalue weighted by atomic mass is 35.5. The summed E-state index contributed by atoms with van der Waals surface area (Å²) in [5, 5.41) is 12.6. The SMILES string of the molecule is CC1CC1c1ccc(/C=C(\C#N)C(=O)Nc2ccc(Cl)cc2Cl)o1. The number of furan rings is 1. The van der Waals surface area contributed by atoms with Crippen molar-refractivity contribution in [2.75, 3.05) is 5.32 Å². The topological polar surface area (TPSA) is 66.0 Å². The number of nitrogens with zero attached hydrogens (tertiary/aromatic N) is 1. The van der Waals surface area contributed by atoms with E-state index in [4.69, 9.17) is 27.6 Å². The molecule has 3 rings (SSSR count). The Kier molecular flexibility index (Phi) is 4.66. The van der Waals surface area contributed by atoms with Gasteiger partial charge in [-0.25, -0.2) is 0 Å². The van der Waals surface area contributed by atoms with Gasteiger partial charge in [0.1, 0.15) is 23.2 Å². The van der Waals surface area contributed by atoms with Crippen LogP contribution in [0, 0.1) is 17.2 Å². The molecule has 122 valence electrons. The second-order valence-electron chi connectivity index (χ2n) is 5.81.